The second kappa shape index (κ2) is 13.5. The Kier molecular flexibility index (Phi) is 10.7. The first-order valence-corrected chi connectivity index (χ1v) is 19.9. The average molecular weight is 599 g/mol. The predicted molar refractivity (Wildman–Crippen MR) is 172 cm³/mol. The molecule has 1 aromatic rings. The zero-order valence-electron chi connectivity index (χ0n) is 27.9. The molecule has 2 saturated carbocycles. The second-order valence-electron chi connectivity index (χ2n) is 15.3. The first kappa shape index (κ1) is 33.2. The largest absolute Gasteiger partial charge is 0.459 e. The van der Waals surface area contributed by atoms with Gasteiger partial charge in [0.05, 0.1) is 6.10 Å². The minimum absolute atomic E-state index is 0.0364. The third kappa shape index (κ3) is 7.17. The molecule has 3 aliphatic carbocycles. The SMILES string of the molecule is CCCCCC(=O)Oc1ccc2c(c1)CC[C@@H]1[C@@H]2CC[C@@]2(C)[C@H]1C[C@@H](O[Si](C)(C)C(C)(C)C)[C@@H]2OC(=O)CCCCC. The Balaban J connectivity index is 1.54. The van der Waals surface area contributed by atoms with Gasteiger partial charge in [0, 0.05) is 18.3 Å². The van der Waals surface area contributed by atoms with Gasteiger partial charge in [-0.15, -0.1) is 0 Å². The van der Waals surface area contributed by atoms with E-state index in [4.69, 9.17) is 13.9 Å². The number of carbonyl (C=O) groups excluding carboxylic acids is 2. The summed E-state index contributed by atoms with van der Waals surface area (Å²) in [5.74, 6) is 2.02. The lowest BCUT2D eigenvalue weighted by Gasteiger charge is -2.50. The van der Waals surface area contributed by atoms with Crippen molar-refractivity contribution < 1.29 is 23.5 Å². The Morgan fingerprint density at radius 2 is 1.64 bits per heavy atom. The minimum Gasteiger partial charge on any atom is -0.459 e. The van der Waals surface area contributed by atoms with Gasteiger partial charge in [-0.3, -0.25) is 9.59 Å². The van der Waals surface area contributed by atoms with Crippen molar-refractivity contribution in [2.45, 2.75) is 161 Å². The lowest BCUT2D eigenvalue weighted by molar-refractivity contribution is -0.163. The van der Waals surface area contributed by atoms with Crippen molar-refractivity contribution >= 4 is 20.3 Å². The summed E-state index contributed by atoms with van der Waals surface area (Å²) >= 11 is 0. The van der Waals surface area contributed by atoms with Gasteiger partial charge in [0.15, 0.2) is 8.32 Å². The molecule has 6 heteroatoms. The van der Waals surface area contributed by atoms with Crippen LogP contribution in [0, 0.1) is 17.3 Å². The van der Waals surface area contributed by atoms with Gasteiger partial charge < -0.3 is 13.9 Å². The van der Waals surface area contributed by atoms with Gasteiger partial charge in [-0.1, -0.05) is 73.3 Å². The van der Waals surface area contributed by atoms with E-state index in [9.17, 15) is 9.59 Å². The molecule has 0 heterocycles. The van der Waals surface area contributed by atoms with Gasteiger partial charge in [0.25, 0.3) is 0 Å². The summed E-state index contributed by atoms with van der Waals surface area (Å²) in [5.41, 5.74) is 2.70. The maximum atomic E-state index is 13.1. The first-order valence-electron chi connectivity index (χ1n) is 17.0. The predicted octanol–water partition coefficient (Wildman–Crippen LogP) is 9.52. The number of hydrogen-bond acceptors (Lipinski definition) is 5. The summed E-state index contributed by atoms with van der Waals surface area (Å²) in [6, 6.07) is 6.36. The number of esters is 2. The fraction of sp³-hybridized carbons (Fsp3) is 0.778. The van der Waals surface area contributed by atoms with E-state index < -0.39 is 8.32 Å². The number of ether oxygens (including phenoxy) is 2. The number of fused-ring (bicyclic) bond motifs is 5. The standard InChI is InChI=1S/C36H58O5Si/c1-9-11-13-15-32(37)39-26-18-20-27-25(23-26)17-19-29-28(27)21-22-36(6)30(29)24-31(41-42(7,8)35(3,4)5)34(36)40-33(38)16-14-12-10-2/h18,20,23,28-31,34H,9-17,19,21-22,24H2,1-8H3/t28-,29-,30+,31-,34+,36+/m1/s1. The summed E-state index contributed by atoms with van der Waals surface area (Å²) in [6.45, 7) is 18.2. The summed E-state index contributed by atoms with van der Waals surface area (Å²) in [6.07, 6.45) is 12.1. The molecule has 0 radical (unpaired) electrons. The van der Waals surface area contributed by atoms with E-state index in [1.54, 1.807) is 0 Å². The minimum atomic E-state index is -2.06. The van der Waals surface area contributed by atoms with Crippen LogP contribution in [0.1, 0.15) is 136 Å². The Hall–Kier alpha value is -1.66. The highest BCUT2D eigenvalue weighted by atomic mass is 28.4. The zero-order valence-corrected chi connectivity index (χ0v) is 28.9. The van der Waals surface area contributed by atoms with Crippen molar-refractivity contribution in [3.8, 4) is 5.75 Å². The number of rotatable bonds is 12. The van der Waals surface area contributed by atoms with Crippen LogP contribution in [0.4, 0.5) is 0 Å². The van der Waals surface area contributed by atoms with Crippen LogP contribution >= 0.6 is 0 Å². The van der Waals surface area contributed by atoms with Crippen molar-refractivity contribution in [3.63, 3.8) is 0 Å². The molecule has 2 fully saturated rings. The molecule has 1 aromatic carbocycles. The monoisotopic (exact) mass is 598 g/mol. The van der Waals surface area contributed by atoms with E-state index >= 15 is 0 Å². The van der Waals surface area contributed by atoms with Gasteiger partial charge >= 0.3 is 11.9 Å². The fourth-order valence-electron chi connectivity index (χ4n) is 7.86. The van der Waals surface area contributed by atoms with Gasteiger partial charge in [0.1, 0.15) is 11.9 Å². The molecule has 42 heavy (non-hydrogen) atoms. The molecule has 0 amide bonds. The van der Waals surface area contributed by atoms with E-state index in [0.29, 0.717) is 36.3 Å². The normalized spacial score (nSPS) is 28.9. The van der Waals surface area contributed by atoms with Crippen LogP contribution < -0.4 is 4.74 Å². The quantitative estimate of drug-likeness (QED) is 0.104. The number of aryl methyl sites for hydroxylation is 1. The highest BCUT2D eigenvalue weighted by Crippen LogP contribution is 2.62. The molecule has 0 saturated heterocycles. The Morgan fingerprint density at radius 3 is 2.29 bits per heavy atom. The summed E-state index contributed by atoms with van der Waals surface area (Å²) in [5, 5.41) is 0.0980. The van der Waals surface area contributed by atoms with Crippen LogP contribution in [-0.2, 0) is 25.2 Å². The third-order valence-electron chi connectivity index (χ3n) is 11.3. The van der Waals surface area contributed by atoms with E-state index in [0.717, 1.165) is 70.6 Å². The van der Waals surface area contributed by atoms with Crippen LogP contribution in [0.25, 0.3) is 0 Å². The maximum Gasteiger partial charge on any atom is 0.311 e. The molecule has 4 rings (SSSR count). The molecule has 0 unspecified atom stereocenters. The third-order valence-corrected chi connectivity index (χ3v) is 15.8. The second-order valence-corrected chi connectivity index (χ2v) is 20.0. The topological polar surface area (TPSA) is 61.8 Å². The highest BCUT2D eigenvalue weighted by Gasteiger charge is 2.61. The molecule has 0 aliphatic heterocycles. The van der Waals surface area contributed by atoms with E-state index in [1.165, 1.54) is 11.1 Å². The number of carbonyl (C=O) groups is 2. The maximum absolute atomic E-state index is 13.1. The van der Waals surface area contributed by atoms with Gasteiger partial charge in [-0.25, -0.2) is 0 Å². The number of unbranched alkanes of at least 4 members (excludes halogenated alkanes) is 4. The smallest absolute Gasteiger partial charge is 0.311 e. The molecule has 0 bridgehead atoms. The van der Waals surface area contributed by atoms with Crippen molar-refractivity contribution in [1.82, 2.24) is 0 Å². The van der Waals surface area contributed by atoms with Gasteiger partial charge in [-0.2, -0.15) is 0 Å². The van der Waals surface area contributed by atoms with Crippen molar-refractivity contribution in [2.24, 2.45) is 17.3 Å². The summed E-state index contributed by atoms with van der Waals surface area (Å²) in [4.78, 5) is 25.5. The Bertz CT molecular complexity index is 1090. The van der Waals surface area contributed by atoms with Crippen LogP contribution in [0.2, 0.25) is 18.1 Å². The summed E-state index contributed by atoms with van der Waals surface area (Å²) < 4.78 is 19.3. The first-order chi connectivity index (χ1) is 19.8. The molecule has 5 nitrogen and oxygen atoms in total. The molecule has 0 N–H and O–H groups in total. The van der Waals surface area contributed by atoms with Crippen LogP contribution in [-0.4, -0.2) is 32.5 Å². The van der Waals surface area contributed by atoms with Gasteiger partial charge in [0.2, 0.25) is 0 Å². The molecular weight excluding hydrogens is 540 g/mol. The molecule has 6 atom stereocenters. The van der Waals surface area contributed by atoms with Crippen LogP contribution in [0.3, 0.4) is 0 Å². The Morgan fingerprint density at radius 1 is 0.976 bits per heavy atom. The zero-order chi connectivity index (χ0) is 30.7. The van der Waals surface area contributed by atoms with Crippen LogP contribution in [0.5, 0.6) is 5.75 Å². The van der Waals surface area contributed by atoms with Crippen molar-refractivity contribution in [2.75, 3.05) is 0 Å². The summed E-state index contributed by atoms with van der Waals surface area (Å²) in [7, 11) is -2.06. The highest BCUT2D eigenvalue weighted by molar-refractivity contribution is 6.74. The average Bonchev–Trinajstić information content (AvgIpc) is 3.18. The molecule has 3 aliphatic rings. The van der Waals surface area contributed by atoms with E-state index in [1.807, 2.05) is 6.07 Å². The fourth-order valence-corrected chi connectivity index (χ4v) is 9.19. The Labute approximate surface area is 257 Å². The van der Waals surface area contributed by atoms with E-state index in [-0.39, 0.29) is 34.6 Å². The number of hydrogen-bond donors (Lipinski definition) is 0. The molecule has 236 valence electrons. The molecular formula is C36H58O5Si. The lowest BCUT2D eigenvalue weighted by Crippen LogP contribution is -2.50. The molecule has 0 spiro atoms. The van der Waals surface area contributed by atoms with Gasteiger partial charge in [-0.05, 0) is 104 Å². The lowest BCUT2D eigenvalue weighted by atomic mass is 9.55. The molecule has 0 aromatic heterocycles. The number of benzene rings is 1. The van der Waals surface area contributed by atoms with Crippen molar-refractivity contribution in [3.05, 3.63) is 29.3 Å². The van der Waals surface area contributed by atoms with Crippen LogP contribution in [0.15, 0.2) is 18.2 Å². The van der Waals surface area contributed by atoms with E-state index in [2.05, 4.69) is 66.8 Å². The van der Waals surface area contributed by atoms with Crippen molar-refractivity contribution in [1.29, 1.82) is 0 Å².